The Bertz CT molecular complexity index is 434. The van der Waals surface area contributed by atoms with E-state index in [0.717, 1.165) is 13.1 Å². The van der Waals surface area contributed by atoms with Crippen LogP contribution >= 0.6 is 0 Å². The van der Waals surface area contributed by atoms with E-state index in [2.05, 4.69) is 44.7 Å². The number of hydrogen-bond donors (Lipinski definition) is 3. The van der Waals surface area contributed by atoms with E-state index in [-0.39, 0.29) is 5.91 Å². The van der Waals surface area contributed by atoms with E-state index < -0.39 is 0 Å². The summed E-state index contributed by atoms with van der Waals surface area (Å²) in [6.45, 7) is 8.33. The van der Waals surface area contributed by atoms with Crippen LogP contribution in [0, 0.1) is 0 Å². The molecule has 0 atom stereocenters. The summed E-state index contributed by atoms with van der Waals surface area (Å²) in [6, 6.07) is 0. The van der Waals surface area contributed by atoms with E-state index in [1.807, 2.05) is 4.90 Å². The average Bonchev–Trinajstić information content (AvgIpc) is 2.44. The Hall–Kier alpha value is -2.12. The van der Waals surface area contributed by atoms with Crippen molar-refractivity contribution in [3.63, 3.8) is 0 Å². The minimum Gasteiger partial charge on any atom is -0.357 e. The van der Waals surface area contributed by atoms with Crippen LogP contribution in [0.1, 0.15) is 20.8 Å². The zero-order valence-corrected chi connectivity index (χ0v) is 12.5. The molecule has 0 radical (unpaired) electrons. The predicted molar refractivity (Wildman–Crippen MR) is 80.1 cm³/mol. The molecule has 0 aliphatic carbocycles. The number of nitrogens with zero attached hydrogens (tertiary/aromatic N) is 4. The van der Waals surface area contributed by atoms with Gasteiger partial charge in [-0.3, -0.25) is 4.79 Å². The lowest BCUT2D eigenvalue weighted by Crippen LogP contribution is -2.28. The molecule has 0 aliphatic rings. The molecule has 1 aromatic rings. The zero-order chi connectivity index (χ0) is 15.0. The van der Waals surface area contributed by atoms with Crippen molar-refractivity contribution in [1.82, 2.24) is 20.3 Å². The molecule has 0 saturated heterocycles. The van der Waals surface area contributed by atoms with E-state index >= 15 is 0 Å². The minimum atomic E-state index is -0.0535. The standard InChI is InChI=1S/C12H23N7O/c1-5-19(6-2)12-17-10(13-4)16-11(18-12)15-8-7-14-9(3)20/h5-8H2,1-4H3,(H,14,20)(H2,13,15,16,17,18). The first-order valence-electron chi connectivity index (χ1n) is 6.77. The van der Waals surface area contributed by atoms with Crippen LogP contribution < -0.4 is 20.9 Å². The number of carbonyl (C=O) groups excluding carboxylic acids is 1. The van der Waals surface area contributed by atoms with Crippen molar-refractivity contribution < 1.29 is 4.79 Å². The van der Waals surface area contributed by atoms with Gasteiger partial charge in [0.25, 0.3) is 0 Å². The van der Waals surface area contributed by atoms with Crippen molar-refractivity contribution in [1.29, 1.82) is 0 Å². The first-order valence-corrected chi connectivity index (χ1v) is 6.77. The molecule has 0 spiro atoms. The lowest BCUT2D eigenvalue weighted by molar-refractivity contribution is -0.118. The second kappa shape index (κ2) is 8.13. The van der Waals surface area contributed by atoms with Gasteiger partial charge in [0.05, 0.1) is 0 Å². The average molecular weight is 281 g/mol. The van der Waals surface area contributed by atoms with Crippen molar-refractivity contribution >= 4 is 23.8 Å². The molecular weight excluding hydrogens is 258 g/mol. The fraction of sp³-hybridized carbons (Fsp3) is 0.667. The van der Waals surface area contributed by atoms with Gasteiger partial charge in [0, 0.05) is 40.2 Å². The highest BCUT2D eigenvalue weighted by atomic mass is 16.1. The Balaban J connectivity index is 2.74. The highest BCUT2D eigenvalue weighted by molar-refractivity contribution is 5.72. The molecule has 8 heteroatoms. The van der Waals surface area contributed by atoms with Crippen LogP contribution in [0.2, 0.25) is 0 Å². The normalized spacial score (nSPS) is 10.0. The summed E-state index contributed by atoms with van der Waals surface area (Å²) in [6.07, 6.45) is 0. The van der Waals surface area contributed by atoms with Gasteiger partial charge < -0.3 is 20.9 Å². The second-order valence-corrected chi connectivity index (χ2v) is 4.11. The van der Waals surface area contributed by atoms with Crippen LogP contribution in [-0.2, 0) is 4.79 Å². The van der Waals surface area contributed by atoms with Crippen LogP contribution in [-0.4, -0.2) is 54.1 Å². The highest BCUT2D eigenvalue weighted by Gasteiger charge is 2.10. The maximum Gasteiger partial charge on any atom is 0.231 e. The number of amides is 1. The Labute approximate surface area is 119 Å². The van der Waals surface area contributed by atoms with Gasteiger partial charge >= 0.3 is 0 Å². The number of aromatic nitrogens is 3. The molecule has 1 aromatic heterocycles. The number of carbonyl (C=O) groups is 1. The molecule has 8 nitrogen and oxygen atoms in total. The molecule has 0 aliphatic heterocycles. The van der Waals surface area contributed by atoms with Crippen molar-refractivity contribution in [2.24, 2.45) is 0 Å². The van der Waals surface area contributed by atoms with Gasteiger partial charge in [0.15, 0.2) is 0 Å². The summed E-state index contributed by atoms with van der Waals surface area (Å²) >= 11 is 0. The van der Waals surface area contributed by atoms with Gasteiger partial charge in [-0.05, 0) is 13.8 Å². The molecule has 0 fully saturated rings. The molecular formula is C12H23N7O. The summed E-state index contributed by atoms with van der Waals surface area (Å²) in [7, 11) is 1.77. The Kier molecular flexibility index (Phi) is 6.48. The fourth-order valence-electron chi connectivity index (χ4n) is 1.62. The third-order valence-electron chi connectivity index (χ3n) is 2.68. The van der Waals surface area contributed by atoms with Crippen molar-refractivity contribution in [2.45, 2.75) is 20.8 Å². The number of anilines is 3. The lowest BCUT2D eigenvalue weighted by Gasteiger charge is -2.19. The van der Waals surface area contributed by atoms with Gasteiger partial charge in [-0.15, -0.1) is 0 Å². The molecule has 1 rings (SSSR count). The Morgan fingerprint density at radius 3 is 2.30 bits per heavy atom. The van der Waals surface area contributed by atoms with Crippen LogP contribution in [0.25, 0.3) is 0 Å². The lowest BCUT2D eigenvalue weighted by atomic mass is 10.5. The summed E-state index contributed by atoms with van der Waals surface area (Å²) < 4.78 is 0. The smallest absolute Gasteiger partial charge is 0.231 e. The van der Waals surface area contributed by atoms with Gasteiger partial charge in [-0.25, -0.2) is 0 Å². The van der Waals surface area contributed by atoms with E-state index in [0.29, 0.717) is 30.9 Å². The molecule has 20 heavy (non-hydrogen) atoms. The Morgan fingerprint density at radius 1 is 1.10 bits per heavy atom. The van der Waals surface area contributed by atoms with Crippen LogP contribution in [0.3, 0.4) is 0 Å². The van der Waals surface area contributed by atoms with Gasteiger partial charge in [0.2, 0.25) is 23.8 Å². The molecule has 1 amide bonds. The molecule has 112 valence electrons. The third kappa shape index (κ3) is 4.87. The van der Waals surface area contributed by atoms with Crippen molar-refractivity contribution in [3.8, 4) is 0 Å². The molecule has 3 N–H and O–H groups in total. The van der Waals surface area contributed by atoms with Gasteiger partial charge in [-0.1, -0.05) is 0 Å². The maximum absolute atomic E-state index is 10.8. The maximum atomic E-state index is 10.8. The van der Waals surface area contributed by atoms with E-state index in [9.17, 15) is 4.79 Å². The third-order valence-corrected chi connectivity index (χ3v) is 2.68. The first kappa shape index (κ1) is 15.9. The SMILES string of the molecule is CCN(CC)c1nc(NC)nc(NCCNC(C)=O)n1. The van der Waals surface area contributed by atoms with Gasteiger partial charge in [0.1, 0.15) is 0 Å². The predicted octanol–water partition coefficient (Wildman–Crippen LogP) is 0.308. The van der Waals surface area contributed by atoms with Gasteiger partial charge in [-0.2, -0.15) is 15.0 Å². The van der Waals surface area contributed by atoms with Crippen LogP contribution in [0.15, 0.2) is 0 Å². The molecule has 0 aromatic carbocycles. The summed E-state index contributed by atoms with van der Waals surface area (Å²) in [5, 5.41) is 8.70. The minimum absolute atomic E-state index is 0.0535. The van der Waals surface area contributed by atoms with E-state index in [4.69, 9.17) is 0 Å². The number of hydrogen-bond acceptors (Lipinski definition) is 7. The summed E-state index contributed by atoms with van der Waals surface area (Å²) in [4.78, 5) is 25.8. The van der Waals surface area contributed by atoms with Crippen molar-refractivity contribution in [2.75, 3.05) is 48.8 Å². The van der Waals surface area contributed by atoms with Crippen molar-refractivity contribution in [3.05, 3.63) is 0 Å². The number of nitrogens with one attached hydrogen (secondary N) is 3. The first-order chi connectivity index (χ1) is 9.60. The number of rotatable bonds is 8. The molecule has 1 heterocycles. The molecule has 0 bridgehead atoms. The fourth-order valence-corrected chi connectivity index (χ4v) is 1.62. The van der Waals surface area contributed by atoms with Crippen LogP contribution in [0.5, 0.6) is 0 Å². The Morgan fingerprint density at radius 2 is 1.75 bits per heavy atom. The summed E-state index contributed by atoms with van der Waals surface area (Å²) in [5.74, 6) is 1.60. The quantitative estimate of drug-likeness (QED) is 0.590. The molecule has 0 unspecified atom stereocenters. The second-order valence-electron chi connectivity index (χ2n) is 4.11. The largest absolute Gasteiger partial charge is 0.357 e. The zero-order valence-electron chi connectivity index (χ0n) is 12.5. The monoisotopic (exact) mass is 281 g/mol. The van der Waals surface area contributed by atoms with E-state index in [1.54, 1.807) is 7.05 Å². The van der Waals surface area contributed by atoms with Crippen LogP contribution in [0.4, 0.5) is 17.8 Å². The topological polar surface area (TPSA) is 95.1 Å². The highest BCUT2D eigenvalue weighted by Crippen LogP contribution is 2.12. The summed E-state index contributed by atoms with van der Waals surface area (Å²) in [5.41, 5.74) is 0. The molecule has 0 saturated carbocycles. The van der Waals surface area contributed by atoms with E-state index in [1.165, 1.54) is 6.92 Å².